The van der Waals surface area contributed by atoms with Crippen LogP contribution in [0.2, 0.25) is 5.02 Å². The SMILES string of the molecule is CC(=O)N1CCC(N2CCC(N(C)C(=O)c3cc(C(F)(F)F)cc(C(F)(F)F)c3)C(c3ccc(C)c(Cl)c3)C2)CC1.Cl. The van der Waals surface area contributed by atoms with E-state index in [9.17, 15) is 35.9 Å². The van der Waals surface area contributed by atoms with E-state index in [4.69, 9.17) is 11.6 Å². The monoisotopic (exact) mass is 639 g/mol. The molecule has 2 unspecified atom stereocenters. The molecule has 0 N–H and O–H groups in total. The molecule has 2 amide bonds. The number of likely N-dealkylation sites (tertiary alicyclic amines) is 2. The van der Waals surface area contributed by atoms with Gasteiger partial charge in [-0.15, -0.1) is 12.4 Å². The van der Waals surface area contributed by atoms with Crippen LogP contribution in [0, 0.1) is 6.92 Å². The van der Waals surface area contributed by atoms with Gasteiger partial charge in [-0.25, -0.2) is 0 Å². The number of rotatable bonds is 4. The number of amides is 2. The predicted molar refractivity (Wildman–Crippen MR) is 150 cm³/mol. The lowest BCUT2D eigenvalue weighted by Gasteiger charge is -2.47. The van der Waals surface area contributed by atoms with Gasteiger partial charge in [-0.1, -0.05) is 23.7 Å². The first-order chi connectivity index (χ1) is 19.1. The highest BCUT2D eigenvalue weighted by Gasteiger charge is 2.41. The summed E-state index contributed by atoms with van der Waals surface area (Å²) in [5.74, 6) is -1.19. The molecule has 0 radical (unpaired) electrons. The highest BCUT2D eigenvalue weighted by atomic mass is 35.5. The van der Waals surface area contributed by atoms with E-state index in [1.165, 1.54) is 18.9 Å². The Balaban J connectivity index is 0.00000484. The zero-order chi connectivity index (χ0) is 30.3. The number of hydrogen-bond donors (Lipinski definition) is 0. The Kier molecular flexibility index (Phi) is 10.5. The van der Waals surface area contributed by atoms with Crippen LogP contribution in [-0.4, -0.2) is 71.8 Å². The van der Waals surface area contributed by atoms with Crippen LogP contribution in [0.15, 0.2) is 36.4 Å². The van der Waals surface area contributed by atoms with Crippen molar-refractivity contribution in [3.63, 3.8) is 0 Å². The predicted octanol–water partition coefficient (Wildman–Crippen LogP) is 7.05. The Bertz CT molecular complexity index is 1260. The van der Waals surface area contributed by atoms with E-state index in [0.717, 1.165) is 24.0 Å². The van der Waals surface area contributed by atoms with Crippen LogP contribution in [0.1, 0.15) is 64.7 Å². The minimum absolute atomic E-state index is 0. The number of nitrogens with zero attached hydrogens (tertiary/aromatic N) is 3. The van der Waals surface area contributed by atoms with Crippen molar-refractivity contribution < 1.29 is 35.9 Å². The van der Waals surface area contributed by atoms with E-state index in [-0.39, 0.29) is 36.3 Å². The van der Waals surface area contributed by atoms with E-state index in [1.54, 1.807) is 11.0 Å². The number of carbonyl (C=O) groups excluding carboxylic acids is 2. The molecule has 5 nitrogen and oxygen atoms in total. The van der Waals surface area contributed by atoms with E-state index >= 15 is 0 Å². The van der Waals surface area contributed by atoms with Crippen LogP contribution in [-0.2, 0) is 17.1 Å². The van der Waals surface area contributed by atoms with Gasteiger partial charge in [0.2, 0.25) is 5.91 Å². The Labute approximate surface area is 252 Å². The van der Waals surface area contributed by atoms with Gasteiger partial charge in [-0.2, -0.15) is 26.3 Å². The summed E-state index contributed by atoms with van der Waals surface area (Å²) in [6.07, 6.45) is -8.09. The molecule has 4 rings (SSSR count). The van der Waals surface area contributed by atoms with Gasteiger partial charge in [0.25, 0.3) is 5.91 Å². The zero-order valence-electron chi connectivity index (χ0n) is 23.4. The second-order valence-corrected chi connectivity index (χ2v) is 11.3. The summed E-state index contributed by atoms with van der Waals surface area (Å²) in [6, 6.07) is 6.22. The normalized spacial score (nSPS) is 20.7. The van der Waals surface area contributed by atoms with Crippen molar-refractivity contribution in [2.75, 3.05) is 33.2 Å². The molecule has 2 aliphatic heterocycles. The molecule has 2 aromatic carbocycles. The Morgan fingerprint density at radius 2 is 1.48 bits per heavy atom. The van der Waals surface area contributed by atoms with E-state index < -0.39 is 41.0 Å². The van der Waals surface area contributed by atoms with Gasteiger partial charge in [0.05, 0.1) is 11.1 Å². The maximum absolute atomic E-state index is 13.5. The maximum Gasteiger partial charge on any atom is 0.416 e. The second-order valence-electron chi connectivity index (χ2n) is 10.9. The summed E-state index contributed by atoms with van der Waals surface area (Å²) >= 11 is 6.43. The zero-order valence-corrected chi connectivity index (χ0v) is 24.9. The van der Waals surface area contributed by atoms with Crippen LogP contribution in [0.5, 0.6) is 0 Å². The topological polar surface area (TPSA) is 43.9 Å². The Hall–Kier alpha value is -2.50. The number of alkyl halides is 6. The number of hydrogen-bond acceptors (Lipinski definition) is 3. The summed E-state index contributed by atoms with van der Waals surface area (Å²) in [6.45, 7) is 5.76. The van der Waals surface area contributed by atoms with Crippen molar-refractivity contribution in [3.05, 3.63) is 69.2 Å². The molecular formula is C29H33Cl2F6N3O2. The molecule has 2 aromatic rings. The molecule has 42 heavy (non-hydrogen) atoms. The fraction of sp³-hybridized carbons (Fsp3) is 0.517. The average molecular weight is 640 g/mol. The molecule has 2 heterocycles. The average Bonchev–Trinajstić information content (AvgIpc) is 2.92. The lowest BCUT2D eigenvalue weighted by Crippen LogP contribution is -2.55. The number of benzene rings is 2. The van der Waals surface area contributed by atoms with Gasteiger partial charge in [0.15, 0.2) is 0 Å². The summed E-state index contributed by atoms with van der Waals surface area (Å²) < 4.78 is 80.8. The first kappa shape index (κ1) is 34.0. The number of aryl methyl sites for hydroxylation is 1. The fourth-order valence-electron chi connectivity index (χ4n) is 5.91. The molecular weight excluding hydrogens is 607 g/mol. The second kappa shape index (κ2) is 13.0. The quantitative estimate of drug-likeness (QED) is 0.337. The van der Waals surface area contributed by atoms with E-state index in [2.05, 4.69) is 4.90 Å². The number of likely N-dealkylation sites (N-methyl/N-ethyl adjacent to an activating group) is 1. The fourth-order valence-corrected chi connectivity index (χ4v) is 6.09. The summed E-state index contributed by atoms with van der Waals surface area (Å²) in [4.78, 5) is 30.6. The van der Waals surface area contributed by atoms with Crippen LogP contribution in [0.4, 0.5) is 26.3 Å². The van der Waals surface area contributed by atoms with Crippen molar-refractivity contribution in [3.8, 4) is 0 Å². The standard InChI is InChI=1S/C29H32ClF6N3O2.ClH/c1-17-4-5-19(14-25(17)30)24-16-39(23-6-9-38(10-7-23)18(2)40)11-8-26(24)37(3)27(41)20-12-21(28(31,32)33)15-22(13-20)29(34,35)36;/h4-5,12-15,23-24,26H,6-11,16H2,1-3H3;1H. The molecule has 232 valence electrons. The smallest absolute Gasteiger partial charge is 0.343 e. The van der Waals surface area contributed by atoms with Crippen LogP contribution < -0.4 is 0 Å². The molecule has 13 heteroatoms. The molecule has 0 aliphatic carbocycles. The van der Waals surface area contributed by atoms with Gasteiger partial charge in [-0.05, 0) is 61.6 Å². The van der Waals surface area contributed by atoms with Gasteiger partial charge in [0, 0.05) is 68.7 Å². The molecule has 0 bridgehead atoms. The number of halogens is 8. The molecule has 0 aromatic heterocycles. The lowest BCUT2D eigenvalue weighted by molar-refractivity contribution is -0.143. The van der Waals surface area contributed by atoms with E-state index in [1.807, 2.05) is 19.1 Å². The molecule has 0 saturated carbocycles. The van der Waals surface area contributed by atoms with Gasteiger partial charge < -0.3 is 9.80 Å². The highest BCUT2D eigenvalue weighted by molar-refractivity contribution is 6.31. The maximum atomic E-state index is 13.5. The minimum atomic E-state index is -5.06. The highest BCUT2D eigenvalue weighted by Crippen LogP contribution is 2.38. The lowest BCUT2D eigenvalue weighted by atomic mass is 9.83. The summed E-state index contributed by atoms with van der Waals surface area (Å²) in [7, 11) is 1.42. The van der Waals surface area contributed by atoms with Crippen molar-refractivity contribution in [2.24, 2.45) is 0 Å². The van der Waals surface area contributed by atoms with Gasteiger partial charge >= 0.3 is 12.4 Å². The summed E-state index contributed by atoms with van der Waals surface area (Å²) in [5.41, 5.74) is -2.05. The molecule has 2 aliphatic rings. The van der Waals surface area contributed by atoms with Gasteiger partial charge in [0.1, 0.15) is 0 Å². The largest absolute Gasteiger partial charge is 0.416 e. The van der Waals surface area contributed by atoms with Crippen molar-refractivity contribution in [1.82, 2.24) is 14.7 Å². The summed E-state index contributed by atoms with van der Waals surface area (Å²) in [5, 5.41) is 0.523. The molecule has 2 fully saturated rings. The Morgan fingerprint density at radius 1 is 0.905 bits per heavy atom. The van der Waals surface area contributed by atoms with Gasteiger partial charge in [-0.3, -0.25) is 14.5 Å². The third kappa shape index (κ3) is 7.52. The van der Waals surface area contributed by atoms with Crippen LogP contribution >= 0.6 is 24.0 Å². The van der Waals surface area contributed by atoms with Crippen molar-refractivity contribution >= 4 is 35.8 Å². The third-order valence-electron chi connectivity index (χ3n) is 8.31. The first-order valence-electron chi connectivity index (χ1n) is 13.4. The number of piperidine rings is 2. The third-order valence-corrected chi connectivity index (χ3v) is 8.72. The molecule has 0 spiro atoms. The minimum Gasteiger partial charge on any atom is -0.343 e. The number of carbonyl (C=O) groups is 2. The van der Waals surface area contributed by atoms with E-state index in [0.29, 0.717) is 49.8 Å². The van der Waals surface area contributed by atoms with Crippen molar-refractivity contribution in [1.29, 1.82) is 0 Å². The molecule has 2 saturated heterocycles. The Morgan fingerprint density at radius 3 is 1.98 bits per heavy atom. The van der Waals surface area contributed by atoms with Crippen LogP contribution in [0.3, 0.4) is 0 Å². The molecule has 2 atom stereocenters. The van der Waals surface area contributed by atoms with Crippen molar-refractivity contribution in [2.45, 2.75) is 63.5 Å². The van der Waals surface area contributed by atoms with Crippen LogP contribution in [0.25, 0.3) is 0 Å². The first-order valence-corrected chi connectivity index (χ1v) is 13.8.